The van der Waals surface area contributed by atoms with Crippen LogP contribution in [0.5, 0.6) is 0 Å². The lowest BCUT2D eigenvalue weighted by Crippen LogP contribution is -2.43. The van der Waals surface area contributed by atoms with Gasteiger partial charge in [-0.3, -0.25) is 4.79 Å². The van der Waals surface area contributed by atoms with E-state index in [4.69, 9.17) is 4.74 Å². The molecule has 0 saturated carbocycles. The first-order chi connectivity index (χ1) is 12.7. The van der Waals surface area contributed by atoms with Gasteiger partial charge in [0, 0.05) is 11.8 Å². The van der Waals surface area contributed by atoms with Crippen molar-refractivity contribution in [2.24, 2.45) is 16.0 Å². The molecule has 2 atom stereocenters. The predicted molar refractivity (Wildman–Crippen MR) is 107 cm³/mol. The number of rotatable bonds is 8. The Morgan fingerprint density at radius 1 is 1.44 bits per heavy atom. The molecule has 2 aliphatic rings. The molecule has 0 aromatic rings. The highest BCUT2D eigenvalue weighted by atomic mass is 16.5. The lowest BCUT2D eigenvalue weighted by atomic mass is 9.61. The van der Waals surface area contributed by atoms with Crippen molar-refractivity contribution in [1.29, 1.82) is 0 Å². The van der Waals surface area contributed by atoms with E-state index < -0.39 is 11.5 Å². The normalized spacial score (nSPS) is 25.6. The van der Waals surface area contributed by atoms with E-state index in [0.717, 1.165) is 11.1 Å². The minimum atomic E-state index is -0.708. The molecule has 2 rings (SSSR count). The number of aliphatic hydroxyl groups is 1. The molecule has 5 heteroatoms. The molecule has 0 aliphatic heterocycles. The van der Waals surface area contributed by atoms with Gasteiger partial charge in [0.25, 0.3) is 0 Å². The van der Waals surface area contributed by atoms with Gasteiger partial charge in [-0.05, 0) is 53.2 Å². The van der Waals surface area contributed by atoms with Crippen LogP contribution in [0.15, 0.2) is 64.7 Å². The molecule has 0 heterocycles. The lowest BCUT2D eigenvalue weighted by Gasteiger charge is -2.45. The summed E-state index contributed by atoms with van der Waals surface area (Å²) in [5, 5.41) is 13.6. The van der Waals surface area contributed by atoms with Crippen molar-refractivity contribution >= 4 is 5.78 Å². The zero-order valence-corrected chi connectivity index (χ0v) is 16.6. The molecule has 0 amide bonds. The Labute approximate surface area is 161 Å². The van der Waals surface area contributed by atoms with E-state index in [2.05, 4.69) is 11.8 Å². The molecule has 27 heavy (non-hydrogen) atoms. The van der Waals surface area contributed by atoms with Gasteiger partial charge in [0.15, 0.2) is 5.78 Å². The number of nitrogens with zero attached hydrogens (tertiary/aromatic N) is 1. The fourth-order valence-corrected chi connectivity index (χ4v) is 3.47. The van der Waals surface area contributed by atoms with Crippen molar-refractivity contribution in [2.75, 3.05) is 7.11 Å². The van der Waals surface area contributed by atoms with E-state index in [-0.39, 0.29) is 11.2 Å². The molecule has 2 unspecified atom stereocenters. The highest BCUT2D eigenvalue weighted by molar-refractivity contribution is 5.96. The molecule has 0 saturated heterocycles. The highest BCUT2D eigenvalue weighted by Gasteiger charge is 2.45. The summed E-state index contributed by atoms with van der Waals surface area (Å²) in [5.74, 6) is 0.668. The van der Waals surface area contributed by atoms with Crippen LogP contribution < -0.4 is 0 Å². The number of Topliss-reactive ketones (excluding diaryl/α,β-unsaturated/α-hetero) is 1. The summed E-state index contributed by atoms with van der Waals surface area (Å²) in [5.41, 5.74) is 1.22. The van der Waals surface area contributed by atoms with Crippen molar-refractivity contribution in [3.8, 4) is 0 Å². The SMILES string of the molecule is C=CC(C)(C)C1(C)C=C(CCC(=O)C2=CC=C(N=O)CC2)C(OC)=CC1O. The van der Waals surface area contributed by atoms with E-state index in [9.17, 15) is 14.8 Å². The van der Waals surface area contributed by atoms with Gasteiger partial charge >= 0.3 is 0 Å². The number of nitroso groups, excluding NO2 is 1. The molecule has 2 aliphatic carbocycles. The summed E-state index contributed by atoms with van der Waals surface area (Å²) in [6.07, 6.45) is 10.1. The number of ether oxygens (including phenoxy) is 1. The van der Waals surface area contributed by atoms with Gasteiger partial charge in [0.05, 0.1) is 18.9 Å². The van der Waals surface area contributed by atoms with Crippen LogP contribution in [-0.2, 0) is 9.53 Å². The Bertz CT molecular complexity index is 754. The van der Waals surface area contributed by atoms with Crippen molar-refractivity contribution in [1.82, 2.24) is 0 Å². The summed E-state index contributed by atoms with van der Waals surface area (Å²) in [6.45, 7) is 9.97. The summed E-state index contributed by atoms with van der Waals surface area (Å²) >= 11 is 0. The summed E-state index contributed by atoms with van der Waals surface area (Å²) in [7, 11) is 1.57. The number of ketones is 1. The van der Waals surface area contributed by atoms with Gasteiger partial charge in [-0.2, -0.15) is 0 Å². The molecule has 0 spiro atoms. The quantitative estimate of drug-likeness (QED) is 0.493. The van der Waals surface area contributed by atoms with E-state index in [1.165, 1.54) is 0 Å². The molecule has 146 valence electrons. The zero-order chi connectivity index (χ0) is 20.2. The maximum absolute atomic E-state index is 12.6. The van der Waals surface area contributed by atoms with E-state index >= 15 is 0 Å². The third-order valence-electron chi connectivity index (χ3n) is 6.06. The van der Waals surface area contributed by atoms with E-state index in [1.54, 1.807) is 25.3 Å². The molecular weight excluding hydrogens is 342 g/mol. The predicted octanol–water partition coefficient (Wildman–Crippen LogP) is 4.76. The van der Waals surface area contributed by atoms with Crippen molar-refractivity contribution in [2.45, 2.75) is 52.6 Å². The van der Waals surface area contributed by atoms with Crippen LogP contribution in [0.2, 0.25) is 0 Å². The van der Waals surface area contributed by atoms with Crippen LogP contribution in [0.4, 0.5) is 0 Å². The molecule has 1 N–H and O–H groups in total. The summed E-state index contributed by atoms with van der Waals surface area (Å²) < 4.78 is 5.44. The van der Waals surface area contributed by atoms with Crippen LogP contribution in [0.25, 0.3) is 0 Å². The van der Waals surface area contributed by atoms with Crippen LogP contribution in [0, 0.1) is 15.7 Å². The van der Waals surface area contributed by atoms with Crippen LogP contribution >= 0.6 is 0 Å². The second kappa shape index (κ2) is 8.17. The Morgan fingerprint density at radius 3 is 2.67 bits per heavy atom. The number of hydrogen-bond donors (Lipinski definition) is 1. The summed E-state index contributed by atoms with van der Waals surface area (Å²) in [6, 6.07) is 0. The number of carbonyl (C=O) groups is 1. The average molecular weight is 371 g/mol. The van der Waals surface area contributed by atoms with E-state index in [1.807, 2.05) is 32.9 Å². The number of carbonyl (C=O) groups excluding carboxylic acids is 1. The third kappa shape index (κ3) is 4.19. The molecule has 0 aromatic carbocycles. The van der Waals surface area contributed by atoms with Gasteiger partial charge in [-0.25, -0.2) is 0 Å². The van der Waals surface area contributed by atoms with Gasteiger partial charge in [-0.15, -0.1) is 11.5 Å². The Hall–Kier alpha value is -2.27. The van der Waals surface area contributed by atoms with Gasteiger partial charge < -0.3 is 9.84 Å². The Morgan fingerprint density at radius 2 is 2.15 bits per heavy atom. The van der Waals surface area contributed by atoms with Crippen LogP contribution in [0.3, 0.4) is 0 Å². The monoisotopic (exact) mass is 371 g/mol. The minimum absolute atomic E-state index is 0.0587. The lowest BCUT2D eigenvalue weighted by molar-refractivity contribution is -0.115. The first-order valence-electron chi connectivity index (χ1n) is 9.24. The molecule has 0 fully saturated rings. The largest absolute Gasteiger partial charge is 0.497 e. The number of allylic oxidation sites excluding steroid dienone is 6. The molecule has 0 radical (unpaired) electrons. The fraction of sp³-hybridized carbons (Fsp3) is 0.500. The third-order valence-corrected chi connectivity index (χ3v) is 6.06. The maximum atomic E-state index is 12.6. The fourth-order valence-electron chi connectivity index (χ4n) is 3.47. The maximum Gasteiger partial charge on any atom is 0.159 e. The highest BCUT2D eigenvalue weighted by Crippen LogP contribution is 2.48. The molecule has 0 bridgehead atoms. The first kappa shape index (κ1) is 21.0. The second-order valence-electron chi connectivity index (χ2n) is 7.92. The van der Waals surface area contributed by atoms with Crippen molar-refractivity contribution in [3.63, 3.8) is 0 Å². The van der Waals surface area contributed by atoms with Crippen LogP contribution in [-0.4, -0.2) is 24.1 Å². The van der Waals surface area contributed by atoms with Gasteiger partial charge in [0.1, 0.15) is 5.76 Å². The van der Waals surface area contributed by atoms with Gasteiger partial charge in [0.2, 0.25) is 0 Å². The Kier molecular flexibility index (Phi) is 6.37. The Balaban J connectivity index is 2.20. The first-order valence-corrected chi connectivity index (χ1v) is 9.24. The molecular formula is C22H29NO4. The smallest absolute Gasteiger partial charge is 0.159 e. The number of methoxy groups -OCH3 is 1. The summed E-state index contributed by atoms with van der Waals surface area (Å²) in [4.78, 5) is 23.1. The number of hydrogen-bond acceptors (Lipinski definition) is 5. The van der Waals surface area contributed by atoms with Crippen LogP contribution in [0.1, 0.15) is 46.5 Å². The van der Waals surface area contributed by atoms with Crippen molar-refractivity contribution in [3.05, 3.63) is 64.5 Å². The molecule has 5 nitrogen and oxygen atoms in total. The minimum Gasteiger partial charge on any atom is -0.497 e. The van der Waals surface area contributed by atoms with Crippen molar-refractivity contribution < 1.29 is 14.6 Å². The molecule has 0 aromatic heterocycles. The topological polar surface area (TPSA) is 76.0 Å². The van der Waals surface area contributed by atoms with E-state index in [0.29, 0.717) is 37.1 Å². The standard InChI is InChI=1S/C22H29NO4/c1-6-21(2,3)22(4)14-16(19(27-5)13-20(22)25)9-12-18(24)15-7-10-17(23-26)11-8-15/h6-7,10,13-14,20,25H,1,8-9,11-12H2,2-5H3. The van der Waals surface area contributed by atoms with Gasteiger partial charge in [-0.1, -0.05) is 39.0 Å². The zero-order valence-electron chi connectivity index (χ0n) is 16.6. The number of aliphatic hydroxyl groups excluding tert-OH is 1. The second-order valence-corrected chi connectivity index (χ2v) is 7.92. The average Bonchev–Trinajstić information content (AvgIpc) is 2.68.